The molecule has 0 aliphatic carbocycles. The molecule has 27 heavy (non-hydrogen) atoms. The highest BCUT2D eigenvalue weighted by atomic mass is 19.1. The van der Waals surface area contributed by atoms with Gasteiger partial charge in [-0.25, -0.2) is 4.39 Å². The monoisotopic (exact) mass is 362 g/mol. The molecule has 4 aromatic rings. The summed E-state index contributed by atoms with van der Waals surface area (Å²) >= 11 is 0. The number of rotatable bonds is 5. The van der Waals surface area contributed by atoms with E-state index in [0.717, 1.165) is 33.3 Å². The van der Waals surface area contributed by atoms with Gasteiger partial charge in [0.15, 0.2) is 0 Å². The van der Waals surface area contributed by atoms with Crippen molar-refractivity contribution in [1.29, 1.82) is 0 Å². The van der Waals surface area contributed by atoms with Gasteiger partial charge < -0.3 is 10.3 Å². The number of fused-ring (bicyclic) bond motifs is 1. The van der Waals surface area contributed by atoms with Crippen LogP contribution in [0.25, 0.3) is 22.2 Å². The molecule has 136 valence electrons. The molecule has 5 nitrogen and oxygen atoms in total. The Bertz CT molecular complexity index is 1080. The van der Waals surface area contributed by atoms with Crippen molar-refractivity contribution in [2.45, 2.75) is 20.0 Å². The second-order valence-corrected chi connectivity index (χ2v) is 6.49. The Morgan fingerprint density at radius 2 is 2.04 bits per heavy atom. The number of nitrogens with zero attached hydrogens (tertiary/aromatic N) is 2. The van der Waals surface area contributed by atoms with E-state index in [9.17, 15) is 9.18 Å². The normalized spacial score (nSPS) is 11.0. The topological polar surface area (TPSA) is 62.7 Å². The zero-order valence-corrected chi connectivity index (χ0v) is 14.9. The van der Waals surface area contributed by atoms with Crippen LogP contribution in [0.5, 0.6) is 0 Å². The molecule has 0 saturated heterocycles. The number of aromatic amines is 1. The van der Waals surface area contributed by atoms with Crippen molar-refractivity contribution in [2.75, 3.05) is 0 Å². The molecule has 0 bridgehead atoms. The maximum atomic E-state index is 13.2. The molecule has 2 N–H and O–H groups in total. The molecule has 0 radical (unpaired) electrons. The maximum Gasteiger partial charge on any atom is 0.241 e. The zero-order valence-electron chi connectivity index (χ0n) is 14.9. The van der Waals surface area contributed by atoms with Crippen molar-refractivity contribution >= 4 is 16.8 Å². The van der Waals surface area contributed by atoms with Crippen molar-refractivity contribution < 1.29 is 9.18 Å². The minimum Gasteiger partial charge on any atom is -0.354 e. The number of hydrogen-bond donors (Lipinski definition) is 2. The van der Waals surface area contributed by atoms with Gasteiger partial charge in [-0.1, -0.05) is 6.07 Å². The van der Waals surface area contributed by atoms with E-state index in [1.165, 1.54) is 12.1 Å². The number of amides is 1. The van der Waals surface area contributed by atoms with E-state index in [4.69, 9.17) is 0 Å². The summed E-state index contributed by atoms with van der Waals surface area (Å²) in [5.74, 6) is -0.336. The number of nitrogens with one attached hydrogen (secondary N) is 2. The zero-order chi connectivity index (χ0) is 18.8. The van der Waals surface area contributed by atoms with Gasteiger partial charge in [-0.2, -0.15) is 5.10 Å². The molecule has 0 aliphatic heterocycles. The van der Waals surface area contributed by atoms with Crippen LogP contribution in [0.3, 0.4) is 0 Å². The quantitative estimate of drug-likeness (QED) is 0.567. The van der Waals surface area contributed by atoms with Gasteiger partial charge in [-0.15, -0.1) is 0 Å². The number of carbonyl (C=O) groups excluding carboxylic acids is 1. The van der Waals surface area contributed by atoms with E-state index in [2.05, 4.69) is 21.5 Å². The molecular weight excluding hydrogens is 343 g/mol. The van der Waals surface area contributed by atoms with Crippen molar-refractivity contribution in [2.24, 2.45) is 0 Å². The lowest BCUT2D eigenvalue weighted by molar-refractivity contribution is -0.122. The number of halogens is 1. The lowest BCUT2D eigenvalue weighted by atomic mass is 10.1. The van der Waals surface area contributed by atoms with E-state index < -0.39 is 0 Å². The summed E-state index contributed by atoms with van der Waals surface area (Å²) in [6, 6.07) is 14.3. The average Bonchev–Trinajstić information content (AvgIpc) is 3.29. The van der Waals surface area contributed by atoms with Crippen LogP contribution in [0.2, 0.25) is 0 Å². The molecule has 0 unspecified atom stereocenters. The summed E-state index contributed by atoms with van der Waals surface area (Å²) in [5, 5.41) is 8.03. The third-order valence-electron chi connectivity index (χ3n) is 4.61. The Kier molecular flexibility index (Phi) is 4.46. The molecule has 2 aromatic heterocycles. The van der Waals surface area contributed by atoms with Crippen LogP contribution in [-0.4, -0.2) is 20.7 Å². The average molecular weight is 362 g/mol. The third kappa shape index (κ3) is 3.60. The summed E-state index contributed by atoms with van der Waals surface area (Å²) in [4.78, 5) is 15.4. The smallest absolute Gasteiger partial charge is 0.241 e. The molecular formula is C21H19FN4O. The summed E-state index contributed by atoms with van der Waals surface area (Å²) < 4.78 is 14.8. The molecule has 6 heteroatoms. The molecule has 0 atom stereocenters. The van der Waals surface area contributed by atoms with Crippen LogP contribution in [0.15, 0.2) is 60.9 Å². The number of carbonyl (C=O) groups is 1. The molecule has 2 heterocycles. The summed E-state index contributed by atoms with van der Waals surface area (Å²) in [6.07, 6.45) is 3.40. The lowest BCUT2D eigenvalue weighted by Gasteiger charge is -2.06. The first kappa shape index (κ1) is 17.0. The van der Waals surface area contributed by atoms with Crippen molar-refractivity contribution in [3.8, 4) is 11.3 Å². The Labute approximate surface area is 155 Å². The van der Waals surface area contributed by atoms with Crippen molar-refractivity contribution in [1.82, 2.24) is 20.1 Å². The van der Waals surface area contributed by atoms with Gasteiger partial charge in [0.1, 0.15) is 12.4 Å². The maximum absolute atomic E-state index is 13.2. The predicted octanol–water partition coefficient (Wildman–Crippen LogP) is 3.80. The Hall–Kier alpha value is -3.41. The lowest BCUT2D eigenvalue weighted by Crippen LogP contribution is -2.27. The second-order valence-electron chi connectivity index (χ2n) is 6.49. The molecule has 1 amide bonds. The Morgan fingerprint density at radius 1 is 1.22 bits per heavy atom. The highest BCUT2D eigenvalue weighted by molar-refractivity contribution is 5.91. The third-order valence-corrected chi connectivity index (χ3v) is 4.61. The van der Waals surface area contributed by atoms with Gasteiger partial charge in [0.05, 0.1) is 0 Å². The van der Waals surface area contributed by atoms with Crippen LogP contribution in [0, 0.1) is 12.7 Å². The van der Waals surface area contributed by atoms with Gasteiger partial charge in [0.25, 0.3) is 0 Å². The minimum atomic E-state index is -0.249. The predicted molar refractivity (Wildman–Crippen MR) is 103 cm³/mol. The van der Waals surface area contributed by atoms with Crippen molar-refractivity contribution in [3.63, 3.8) is 0 Å². The van der Waals surface area contributed by atoms with Gasteiger partial charge in [-0.3, -0.25) is 9.48 Å². The summed E-state index contributed by atoms with van der Waals surface area (Å²) in [5.41, 5.74) is 5.05. The molecule has 0 aliphatic rings. The summed E-state index contributed by atoms with van der Waals surface area (Å²) in [6.45, 7) is 2.69. The van der Waals surface area contributed by atoms with Crippen LogP contribution in [-0.2, 0) is 17.9 Å². The Balaban J connectivity index is 1.52. The molecule has 0 spiro atoms. The first-order valence-corrected chi connectivity index (χ1v) is 8.71. The van der Waals surface area contributed by atoms with Gasteiger partial charge in [0, 0.05) is 35.5 Å². The fourth-order valence-corrected chi connectivity index (χ4v) is 3.19. The largest absolute Gasteiger partial charge is 0.354 e. The van der Waals surface area contributed by atoms with Crippen LogP contribution in [0.4, 0.5) is 4.39 Å². The number of aromatic nitrogens is 3. The van der Waals surface area contributed by atoms with Crippen molar-refractivity contribution in [3.05, 3.63) is 77.9 Å². The molecule has 4 rings (SSSR count). The van der Waals surface area contributed by atoms with Crippen LogP contribution in [0.1, 0.15) is 11.1 Å². The van der Waals surface area contributed by atoms with E-state index >= 15 is 0 Å². The van der Waals surface area contributed by atoms with Crippen LogP contribution >= 0.6 is 0 Å². The highest BCUT2D eigenvalue weighted by Crippen LogP contribution is 2.30. The minimum absolute atomic E-state index is 0.0865. The van der Waals surface area contributed by atoms with Gasteiger partial charge >= 0.3 is 0 Å². The van der Waals surface area contributed by atoms with Gasteiger partial charge in [0.2, 0.25) is 5.91 Å². The molecule has 2 aromatic carbocycles. The number of benzene rings is 2. The molecule has 0 fully saturated rings. The standard InChI is InChI=1S/C21H19FN4O/c1-14-18-11-15(12-23-20(27)13-26-10-2-9-24-26)3-8-19(18)25-21(14)16-4-6-17(22)7-5-16/h2-11,25H,12-13H2,1H3,(H,23,27). The Morgan fingerprint density at radius 3 is 2.78 bits per heavy atom. The summed E-state index contributed by atoms with van der Waals surface area (Å²) in [7, 11) is 0. The van der Waals surface area contributed by atoms with E-state index in [1.54, 1.807) is 35.3 Å². The number of aryl methyl sites for hydroxylation is 1. The number of hydrogen-bond acceptors (Lipinski definition) is 2. The molecule has 0 saturated carbocycles. The fraction of sp³-hybridized carbons (Fsp3) is 0.143. The van der Waals surface area contributed by atoms with Crippen LogP contribution < -0.4 is 5.32 Å². The first-order chi connectivity index (χ1) is 13.1. The van der Waals surface area contributed by atoms with Gasteiger partial charge in [-0.05, 0) is 66.1 Å². The van der Waals surface area contributed by atoms with E-state index in [1.807, 2.05) is 19.1 Å². The fourth-order valence-electron chi connectivity index (χ4n) is 3.19. The van der Waals surface area contributed by atoms with E-state index in [-0.39, 0.29) is 18.3 Å². The van der Waals surface area contributed by atoms with E-state index in [0.29, 0.717) is 6.54 Å². The highest BCUT2D eigenvalue weighted by Gasteiger charge is 2.11. The number of H-pyrrole nitrogens is 1. The second kappa shape index (κ2) is 7.07. The SMILES string of the molecule is Cc1c(-c2ccc(F)cc2)[nH]c2ccc(CNC(=O)Cn3cccn3)cc12. The first-order valence-electron chi connectivity index (χ1n) is 8.71.